The topological polar surface area (TPSA) is 52.0 Å². The van der Waals surface area contributed by atoms with Crippen molar-refractivity contribution in [1.82, 2.24) is 8.96 Å². The summed E-state index contributed by atoms with van der Waals surface area (Å²) >= 11 is 0. The third-order valence-corrected chi connectivity index (χ3v) is 6.79. The molecule has 0 radical (unpaired) electrons. The first kappa shape index (κ1) is 17.6. The molecule has 5 aromatic rings. The van der Waals surface area contributed by atoms with Crippen molar-refractivity contribution in [3.8, 4) is 0 Å². The Morgan fingerprint density at radius 2 is 1.41 bits per heavy atom. The molecular weight excluding hydrogens is 380 g/mol. The summed E-state index contributed by atoms with van der Waals surface area (Å²) in [4.78, 5) is 4.90. The van der Waals surface area contributed by atoms with Crippen LogP contribution in [0, 0.1) is 0 Å². The molecule has 5 rings (SSSR count). The lowest BCUT2D eigenvalue weighted by Crippen LogP contribution is -2.16. The van der Waals surface area contributed by atoms with Crippen molar-refractivity contribution in [2.24, 2.45) is 0 Å². The van der Waals surface area contributed by atoms with Crippen molar-refractivity contribution in [2.75, 3.05) is 0 Å². The van der Waals surface area contributed by atoms with Gasteiger partial charge in [-0.05, 0) is 40.6 Å². The molecule has 0 amide bonds. The average molecular weight is 398 g/mol. The van der Waals surface area contributed by atoms with Gasteiger partial charge in [0.2, 0.25) is 0 Å². The van der Waals surface area contributed by atoms with E-state index < -0.39 is 10.0 Å². The van der Waals surface area contributed by atoms with Gasteiger partial charge in [-0.25, -0.2) is 17.4 Å². The van der Waals surface area contributed by atoms with E-state index >= 15 is 0 Å². The molecule has 0 saturated carbocycles. The van der Waals surface area contributed by atoms with Gasteiger partial charge in [0.1, 0.15) is 5.82 Å². The van der Waals surface area contributed by atoms with Crippen LogP contribution in [0.1, 0.15) is 11.4 Å². The van der Waals surface area contributed by atoms with Gasteiger partial charge in [-0.3, -0.25) is 0 Å². The molecule has 0 aliphatic carbocycles. The highest BCUT2D eigenvalue weighted by Crippen LogP contribution is 2.27. The quantitative estimate of drug-likeness (QED) is 0.427. The van der Waals surface area contributed by atoms with Gasteiger partial charge in [0, 0.05) is 6.42 Å². The van der Waals surface area contributed by atoms with Crippen molar-refractivity contribution in [2.45, 2.75) is 11.3 Å². The van der Waals surface area contributed by atoms with E-state index in [1.807, 2.05) is 78.9 Å². The first-order chi connectivity index (χ1) is 14.1. The van der Waals surface area contributed by atoms with Crippen molar-refractivity contribution in [1.29, 1.82) is 0 Å². The summed E-state index contributed by atoms with van der Waals surface area (Å²) in [5, 5.41) is 1.90. The van der Waals surface area contributed by atoms with E-state index in [9.17, 15) is 8.42 Å². The fraction of sp³-hybridized carbons (Fsp3) is 0.0417. The van der Waals surface area contributed by atoms with E-state index in [0.29, 0.717) is 23.3 Å². The normalized spacial score (nSPS) is 11.9. The fourth-order valence-corrected chi connectivity index (χ4v) is 5.17. The van der Waals surface area contributed by atoms with Gasteiger partial charge in [0.15, 0.2) is 0 Å². The lowest BCUT2D eigenvalue weighted by Gasteiger charge is -2.11. The molecule has 4 aromatic carbocycles. The Morgan fingerprint density at radius 3 is 2.24 bits per heavy atom. The SMILES string of the molecule is O=S(=O)(c1ccc2ccccc2c1)n1c(Cc2ccccc2)nc2ccccc21. The van der Waals surface area contributed by atoms with E-state index in [1.165, 1.54) is 3.97 Å². The average Bonchev–Trinajstić information content (AvgIpc) is 3.12. The number of benzene rings is 4. The molecule has 0 atom stereocenters. The highest BCUT2D eigenvalue weighted by molar-refractivity contribution is 7.90. The lowest BCUT2D eigenvalue weighted by molar-refractivity contribution is 0.587. The van der Waals surface area contributed by atoms with Crippen LogP contribution in [-0.2, 0) is 16.4 Å². The van der Waals surface area contributed by atoms with Gasteiger partial charge >= 0.3 is 0 Å². The molecule has 29 heavy (non-hydrogen) atoms. The molecule has 0 bridgehead atoms. The number of nitrogens with zero attached hydrogens (tertiary/aromatic N) is 2. The maximum Gasteiger partial charge on any atom is 0.269 e. The second kappa shape index (κ2) is 6.87. The molecule has 4 nitrogen and oxygen atoms in total. The number of imidazole rings is 1. The maximum atomic E-state index is 13.7. The van der Waals surface area contributed by atoms with Crippen LogP contribution in [0.4, 0.5) is 0 Å². The minimum Gasteiger partial charge on any atom is -0.232 e. The Balaban J connectivity index is 1.72. The number of hydrogen-bond acceptors (Lipinski definition) is 3. The molecule has 5 heteroatoms. The summed E-state index contributed by atoms with van der Waals surface area (Å²) in [6.45, 7) is 0. The third kappa shape index (κ3) is 3.09. The minimum atomic E-state index is -3.81. The molecule has 0 N–H and O–H groups in total. The van der Waals surface area contributed by atoms with Gasteiger partial charge < -0.3 is 0 Å². The highest BCUT2D eigenvalue weighted by atomic mass is 32.2. The van der Waals surface area contributed by atoms with Crippen LogP contribution in [-0.4, -0.2) is 17.4 Å². The highest BCUT2D eigenvalue weighted by Gasteiger charge is 2.24. The smallest absolute Gasteiger partial charge is 0.232 e. The summed E-state index contributed by atoms with van der Waals surface area (Å²) in [7, 11) is -3.81. The van der Waals surface area contributed by atoms with E-state index in [0.717, 1.165) is 16.3 Å². The predicted octanol–water partition coefficient (Wildman–Crippen LogP) is 5.02. The van der Waals surface area contributed by atoms with Crippen LogP contribution in [0.25, 0.3) is 21.8 Å². The van der Waals surface area contributed by atoms with Crippen LogP contribution in [0.15, 0.2) is 102 Å². The summed E-state index contributed by atoms with van der Waals surface area (Å²) in [6.07, 6.45) is 0.433. The van der Waals surface area contributed by atoms with E-state index in [1.54, 1.807) is 18.2 Å². The maximum absolute atomic E-state index is 13.7. The largest absolute Gasteiger partial charge is 0.269 e. The Hall–Kier alpha value is -3.44. The first-order valence-corrected chi connectivity index (χ1v) is 10.8. The fourth-order valence-electron chi connectivity index (χ4n) is 3.65. The number of hydrogen-bond donors (Lipinski definition) is 0. The standard InChI is InChI=1S/C24H18N2O2S/c27-29(28,21-15-14-19-10-4-5-11-20(19)17-21)26-23-13-7-6-12-22(23)25-24(26)16-18-8-2-1-3-9-18/h1-15,17H,16H2. The minimum absolute atomic E-state index is 0.258. The van der Waals surface area contributed by atoms with Crippen LogP contribution in [0.5, 0.6) is 0 Å². The zero-order valence-corrected chi connectivity index (χ0v) is 16.4. The van der Waals surface area contributed by atoms with Crippen LogP contribution in [0.3, 0.4) is 0 Å². The monoisotopic (exact) mass is 398 g/mol. The Morgan fingerprint density at radius 1 is 0.724 bits per heavy atom. The molecule has 1 heterocycles. The van der Waals surface area contributed by atoms with Crippen molar-refractivity contribution < 1.29 is 8.42 Å². The molecule has 1 aromatic heterocycles. The van der Waals surface area contributed by atoms with Crippen molar-refractivity contribution >= 4 is 31.8 Å². The molecule has 142 valence electrons. The number of para-hydroxylation sites is 2. The zero-order chi connectivity index (χ0) is 19.8. The second-order valence-electron chi connectivity index (χ2n) is 6.96. The van der Waals surface area contributed by atoms with E-state index in [-0.39, 0.29) is 4.90 Å². The molecule has 0 unspecified atom stereocenters. The Kier molecular flexibility index (Phi) is 4.18. The number of fused-ring (bicyclic) bond motifs is 2. The van der Waals surface area contributed by atoms with Crippen LogP contribution in [0.2, 0.25) is 0 Å². The molecular formula is C24H18N2O2S. The van der Waals surface area contributed by atoms with Gasteiger partial charge in [0.05, 0.1) is 15.9 Å². The summed E-state index contributed by atoms with van der Waals surface area (Å²) in [6, 6.07) is 30.1. The summed E-state index contributed by atoms with van der Waals surface area (Å²) in [5.74, 6) is 0.505. The summed E-state index contributed by atoms with van der Waals surface area (Å²) in [5.41, 5.74) is 2.27. The van der Waals surface area contributed by atoms with Gasteiger partial charge in [0.25, 0.3) is 10.0 Å². The van der Waals surface area contributed by atoms with Gasteiger partial charge in [-0.1, -0.05) is 72.8 Å². The van der Waals surface area contributed by atoms with Crippen molar-refractivity contribution in [3.05, 3.63) is 108 Å². The first-order valence-electron chi connectivity index (χ1n) is 9.37. The molecule has 0 fully saturated rings. The van der Waals surface area contributed by atoms with E-state index in [4.69, 9.17) is 0 Å². The summed E-state index contributed by atoms with van der Waals surface area (Å²) < 4.78 is 28.8. The molecule has 0 spiro atoms. The Bertz CT molecular complexity index is 1440. The van der Waals surface area contributed by atoms with Gasteiger partial charge in [-0.2, -0.15) is 0 Å². The van der Waals surface area contributed by atoms with Gasteiger partial charge in [-0.15, -0.1) is 0 Å². The Labute approximate surface area is 169 Å². The third-order valence-electron chi connectivity index (χ3n) is 5.05. The molecule has 0 aliphatic rings. The second-order valence-corrected chi connectivity index (χ2v) is 8.74. The molecule has 0 aliphatic heterocycles. The predicted molar refractivity (Wildman–Crippen MR) is 116 cm³/mol. The van der Waals surface area contributed by atoms with Crippen molar-refractivity contribution in [3.63, 3.8) is 0 Å². The van der Waals surface area contributed by atoms with E-state index in [2.05, 4.69) is 4.98 Å². The number of aromatic nitrogens is 2. The number of rotatable bonds is 4. The van der Waals surface area contributed by atoms with Crippen LogP contribution >= 0.6 is 0 Å². The van der Waals surface area contributed by atoms with Crippen LogP contribution < -0.4 is 0 Å². The lowest BCUT2D eigenvalue weighted by atomic mass is 10.1. The molecule has 0 saturated heterocycles. The zero-order valence-electron chi connectivity index (χ0n) is 15.6.